The van der Waals surface area contributed by atoms with E-state index >= 15 is 0 Å². The first-order chi connectivity index (χ1) is 12.3. The first-order valence-electron chi connectivity index (χ1n) is 9.03. The van der Waals surface area contributed by atoms with Gasteiger partial charge in [0.05, 0.1) is 20.2 Å². The van der Waals surface area contributed by atoms with Crippen LogP contribution in [-0.2, 0) is 17.9 Å². The third-order valence-electron chi connectivity index (χ3n) is 5.01. The van der Waals surface area contributed by atoms with Gasteiger partial charge in [0.1, 0.15) is 12.3 Å². The normalized spacial score (nSPS) is 20.0. The zero-order chi connectivity index (χ0) is 17.5. The van der Waals surface area contributed by atoms with Gasteiger partial charge in [-0.25, -0.2) is 0 Å². The molecule has 4 heteroatoms. The number of rotatable bonds is 6. The zero-order valence-electron chi connectivity index (χ0n) is 14.8. The molecule has 0 unspecified atom stereocenters. The number of benzene rings is 2. The Morgan fingerprint density at radius 2 is 1.76 bits per heavy atom. The molecule has 0 atom stereocenters. The lowest BCUT2D eigenvalue weighted by Crippen LogP contribution is -3.11. The van der Waals surface area contributed by atoms with Crippen LogP contribution in [0.2, 0.25) is 0 Å². The molecule has 1 aliphatic rings. The summed E-state index contributed by atoms with van der Waals surface area (Å²) in [6.45, 7) is 3.64. The Labute approximate surface area is 149 Å². The Kier molecular flexibility index (Phi) is 6.07. The molecule has 0 bridgehead atoms. The van der Waals surface area contributed by atoms with Crippen molar-refractivity contribution in [3.63, 3.8) is 0 Å². The van der Waals surface area contributed by atoms with Crippen molar-refractivity contribution in [1.82, 2.24) is 5.32 Å². The van der Waals surface area contributed by atoms with Crippen LogP contribution in [0.1, 0.15) is 24.0 Å². The van der Waals surface area contributed by atoms with E-state index in [0.29, 0.717) is 6.54 Å². The largest absolute Gasteiger partial charge is 0.496 e. The van der Waals surface area contributed by atoms with Crippen molar-refractivity contribution in [2.45, 2.75) is 25.9 Å². The van der Waals surface area contributed by atoms with Crippen molar-refractivity contribution in [1.29, 1.82) is 0 Å². The molecule has 132 valence electrons. The van der Waals surface area contributed by atoms with Gasteiger partial charge in [0.2, 0.25) is 5.91 Å². The van der Waals surface area contributed by atoms with Gasteiger partial charge in [-0.2, -0.15) is 0 Å². The van der Waals surface area contributed by atoms with Crippen LogP contribution in [-0.4, -0.2) is 26.1 Å². The molecule has 1 fully saturated rings. The summed E-state index contributed by atoms with van der Waals surface area (Å²) in [6.07, 6.45) is 1.90. The maximum Gasteiger partial charge on any atom is 0.223 e. The van der Waals surface area contributed by atoms with Gasteiger partial charge >= 0.3 is 0 Å². The molecule has 4 nitrogen and oxygen atoms in total. The van der Waals surface area contributed by atoms with Crippen LogP contribution in [0.4, 0.5) is 0 Å². The molecule has 3 rings (SSSR count). The number of amides is 1. The van der Waals surface area contributed by atoms with Crippen LogP contribution in [0.5, 0.6) is 5.75 Å². The van der Waals surface area contributed by atoms with E-state index in [2.05, 4.69) is 17.4 Å². The number of likely N-dealkylation sites (tertiary alicyclic amines) is 1. The molecule has 0 radical (unpaired) electrons. The maximum atomic E-state index is 12.4. The predicted molar refractivity (Wildman–Crippen MR) is 98.4 cm³/mol. The highest BCUT2D eigenvalue weighted by Gasteiger charge is 2.27. The molecule has 1 aliphatic heterocycles. The van der Waals surface area contributed by atoms with Gasteiger partial charge < -0.3 is 15.0 Å². The quantitative estimate of drug-likeness (QED) is 0.843. The molecule has 0 aromatic heterocycles. The Morgan fingerprint density at radius 3 is 2.48 bits per heavy atom. The summed E-state index contributed by atoms with van der Waals surface area (Å²) in [5.41, 5.74) is 2.39. The number of methoxy groups -OCH3 is 1. The van der Waals surface area contributed by atoms with Crippen molar-refractivity contribution in [2.75, 3.05) is 20.2 Å². The number of piperidine rings is 1. The van der Waals surface area contributed by atoms with Gasteiger partial charge in [0, 0.05) is 30.9 Å². The van der Waals surface area contributed by atoms with Crippen molar-refractivity contribution < 1.29 is 14.4 Å². The van der Waals surface area contributed by atoms with Gasteiger partial charge in [0.15, 0.2) is 0 Å². The lowest BCUT2D eigenvalue weighted by atomic mass is 9.95. The number of carbonyl (C=O) groups excluding carboxylic acids is 1. The fraction of sp³-hybridized carbons (Fsp3) is 0.381. The Hall–Kier alpha value is -2.33. The average molecular weight is 339 g/mol. The summed E-state index contributed by atoms with van der Waals surface area (Å²) >= 11 is 0. The lowest BCUT2D eigenvalue weighted by Gasteiger charge is -2.29. The number of hydrogen-bond donors (Lipinski definition) is 2. The molecule has 1 heterocycles. The average Bonchev–Trinajstić information content (AvgIpc) is 2.68. The van der Waals surface area contributed by atoms with E-state index in [9.17, 15) is 4.79 Å². The van der Waals surface area contributed by atoms with Crippen molar-refractivity contribution in [3.8, 4) is 5.75 Å². The first kappa shape index (κ1) is 17.5. The minimum Gasteiger partial charge on any atom is -0.496 e. The maximum absolute atomic E-state index is 12.4. The zero-order valence-corrected chi connectivity index (χ0v) is 14.8. The van der Waals surface area contributed by atoms with Crippen molar-refractivity contribution in [2.24, 2.45) is 5.92 Å². The second-order valence-corrected chi connectivity index (χ2v) is 6.72. The van der Waals surface area contributed by atoms with Crippen LogP contribution in [0.3, 0.4) is 0 Å². The molecular formula is C21H27N2O2+. The van der Waals surface area contributed by atoms with Crippen LogP contribution < -0.4 is 15.0 Å². The first-order valence-corrected chi connectivity index (χ1v) is 9.03. The molecule has 0 saturated carbocycles. The van der Waals surface area contributed by atoms with E-state index in [4.69, 9.17) is 4.74 Å². The van der Waals surface area contributed by atoms with Gasteiger partial charge in [-0.15, -0.1) is 0 Å². The highest BCUT2D eigenvalue weighted by atomic mass is 16.5. The molecule has 2 aromatic rings. The smallest absolute Gasteiger partial charge is 0.223 e. The highest BCUT2D eigenvalue weighted by molar-refractivity contribution is 5.78. The van der Waals surface area contributed by atoms with Crippen LogP contribution in [0.25, 0.3) is 0 Å². The van der Waals surface area contributed by atoms with E-state index in [1.807, 2.05) is 42.5 Å². The molecule has 25 heavy (non-hydrogen) atoms. The lowest BCUT2D eigenvalue weighted by molar-refractivity contribution is -0.919. The Bertz CT molecular complexity index is 679. The monoisotopic (exact) mass is 339 g/mol. The van der Waals surface area contributed by atoms with Crippen LogP contribution in [0.15, 0.2) is 54.6 Å². The number of para-hydroxylation sites is 1. The second kappa shape index (κ2) is 8.67. The Balaban J connectivity index is 1.46. The summed E-state index contributed by atoms with van der Waals surface area (Å²) in [4.78, 5) is 13.9. The summed E-state index contributed by atoms with van der Waals surface area (Å²) in [7, 11) is 1.72. The topological polar surface area (TPSA) is 42.8 Å². The van der Waals surface area contributed by atoms with E-state index in [0.717, 1.165) is 43.8 Å². The Morgan fingerprint density at radius 1 is 1.08 bits per heavy atom. The minimum atomic E-state index is 0.144. The highest BCUT2D eigenvalue weighted by Crippen LogP contribution is 2.17. The van der Waals surface area contributed by atoms with Crippen LogP contribution in [0, 0.1) is 5.92 Å². The fourth-order valence-corrected chi connectivity index (χ4v) is 3.51. The van der Waals surface area contributed by atoms with Crippen molar-refractivity contribution >= 4 is 5.91 Å². The number of carbonyl (C=O) groups is 1. The number of ether oxygens (including phenoxy) is 1. The van der Waals surface area contributed by atoms with Gasteiger partial charge in [-0.3, -0.25) is 4.79 Å². The van der Waals surface area contributed by atoms with Gasteiger partial charge in [-0.1, -0.05) is 42.5 Å². The molecule has 0 spiro atoms. The van der Waals surface area contributed by atoms with Crippen LogP contribution >= 0.6 is 0 Å². The number of nitrogens with one attached hydrogen (secondary N) is 2. The molecule has 1 amide bonds. The summed E-state index contributed by atoms with van der Waals surface area (Å²) in [5, 5.41) is 3.08. The molecule has 2 aromatic carbocycles. The minimum absolute atomic E-state index is 0.144. The van der Waals surface area contributed by atoms with Gasteiger partial charge in [-0.05, 0) is 17.7 Å². The SMILES string of the molecule is COc1ccccc1C[NH+]1CCC(C(=O)NCc2ccccc2)CC1. The summed E-state index contributed by atoms with van der Waals surface area (Å²) in [5.74, 6) is 1.29. The second-order valence-electron chi connectivity index (χ2n) is 6.72. The number of hydrogen-bond acceptors (Lipinski definition) is 2. The standard InChI is InChI=1S/C21H26N2O2/c1-25-20-10-6-5-9-19(20)16-23-13-11-18(12-14-23)21(24)22-15-17-7-3-2-4-8-17/h2-10,18H,11-16H2,1H3,(H,22,24)/p+1. The molecular weight excluding hydrogens is 312 g/mol. The molecule has 2 N–H and O–H groups in total. The number of quaternary nitrogens is 1. The van der Waals surface area contributed by atoms with E-state index in [-0.39, 0.29) is 11.8 Å². The predicted octanol–water partition coefficient (Wildman–Crippen LogP) is 1.81. The van der Waals surface area contributed by atoms with E-state index in [1.165, 1.54) is 10.5 Å². The van der Waals surface area contributed by atoms with Crippen molar-refractivity contribution in [3.05, 3.63) is 65.7 Å². The van der Waals surface area contributed by atoms with E-state index < -0.39 is 0 Å². The van der Waals surface area contributed by atoms with Gasteiger partial charge in [0.25, 0.3) is 0 Å². The summed E-state index contributed by atoms with van der Waals surface area (Å²) < 4.78 is 5.44. The van der Waals surface area contributed by atoms with E-state index in [1.54, 1.807) is 7.11 Å². The third kappa shape index (κ3) is 4.83. The third-order valence-corrected chi connectivity index (χ3v) is 5.01. The summed E-state index contributed by atoms with van der Waals surface area (Å²) in [6, 6.07) is 18.3. The molecule has 1 saturated heterocycles. The fourth-order valence-electron chi connectivity index (χ4n) is 3.51. The molecule has 0 aliphatic carbocycles.